The third kappa shape index (κ3) is 5.73. The number of nitrogens with one attached hydrogen (secondary N) is 1. The summed E-state index contributed by atoms with van der Waals surface area (Å²) in [4.78, 5) is 6.70. The Kier molecular flexibility index (Phi) is 6.60. The van der Waals surface area contributed by atoms with Gasteiger partial charge < -0.3 is 19.8 Å². The molecule has 0 bridgehead atoms. The van der Waals surface area contributed by atoms with Crippen molar-refractivity contribution >= 4 is 0 Å². The minimum atomic E-state index is -0.227. The fourth-order valence-corrected chi connectivity index (χ4v) is 2.81. The normalized spacial score (nSPS) is 19.0. The van der Waals surface area contributed by atoms with E-state index in [-0.39, 0.29) is 6.10 Å². The SMILES string of the molecule is CCCc1nc(CNCC2CCN(C[C@H](C)O)CC2)no1. The molecule has 1 atom stereocenters. The number of aryl methyl sites for hydroxylation is 1. The molecular weight excluding hydrogens is 268 g/mol. The highest BCUT2D eigenvalue weighted by atomic mass is 16.5. The first-order chi connectivity index (χ1) is 10.2. The van der Waals surface area contributed by atoms with Crippen molar-refractivity contribution in [1.29, 1.82) is 0 Å². The number of aromatic nitrogens is 2. The summed E-state index contributed by atoms with van der Waals surface area (Å²) in [6, 6.07) is 0. The third-order valence-electron chi connectivity index (χ3n) is 3.92. The lowest BCUT2D eigenvalue weighted by Crippen LogP contribution is -2.40. The topological polar surface area (TPSA) is 74.4 Å². The molecule has 2 heterocycles. The molecule has 1 saturated heterocycles. The quantitative estimate of drug-likeness (QED) is 0.751. The van der Waals surface area contributed by atoms with Gasteiger partial charge in [-0.3, -0.25) is 0 Å². The Hall–Kier alpha value is -0.980. The maximum Gasteiger partial charge on any atom is 0.226 e. The molecule has 2 N–H and O–H groups in total. The Balaban J connectivity index is 1.61. The molecule has 21 heavy (non-hydrogen) atoms. The van der Waals surface area contributed by atoms with Gasteiger partial charge in [0.05, 0.1) is 12.6 Å². The Bertz CT molecular complexity index is 400. The van der Waals surface area contributed by atoms with Crippen LogP contribution in [0.2, 0.25) is 0 Å². The maximum atomic E-state index is 9.40. The summed E-state index contributed by atoms with van der Waals surface area (Å²) in [5.74, 6) is 2.20. The summed E-state index contributed by atoms with van der Waals surface area (Å²) in [5, 5.41) is 16.8. The van der Waals surface area contributed by atoms with Gasteiger partial charge in [0.15, 0.2) is 5.82 Å². The maximum absolute atomic E-state index is 9.40. The van der Waals surface area contributed by atoms with Crippen LogP contribution in [-0.4, -0.2) is 52.4 Å². The monoisotopic (exact) mass is 296 g/mol. The lowest BCUT2D eigenvalue weighted by molar-refractivity contribution is 0.0997. The first kappa shape index (κ1) is 16.4. The van der Waals surface area contributed by atoms with Crippen LogP contribution in [0.5, 0.6) is 0 Å². The van der Waals surface area contributed by atoms with Gasteiger partial charge in [-0.1, -0.05) is 12.1 Å². The lowest BCUT2D eigenvalue weighted by Gasteiger charge is -2.32. The Morgan fingerprint density at radius 1 is 1.43 bits per heavy atom. The zero-order valence-corrected chi connectivity index (χ0v) is 13.2. The van der Waals surface area contributed by atoms with E-state index >= 15 is 0 Å². The fourth-order valence-electron chi connectivity index (χ4n) is 2.81. The zero-order valence-electron chi connectivity index (χ0n) is 13.2. The van der Waals surface area contributed by atoms with Crippen molar-refractivity contribution in [3.8, 4) is 0 Å². The molecule has 0 aromatic carbocycles. The summed E-state index contributed by atoms with van der Waals surface area (Å²) in [7, 11) is 0. The van der Waals surface area contributed by atoms with Gasteiger partial charge in [-0.2, -0.15) is 4.98 Å². The van der Waals surface area contributed by atoms with E-state index in [4.69, 9.17) is 4.52 Å². The molecule has 1 aliphatic rings. The van der Waals surface area contributed by atoms with Gasteiger partial charge in [0, 0.05) is 13.0 Å². The predicted octanol–water partition coefficient (Wildman–Crippen LogP) is 1.20. The molecule has 0 unspecified atom stereocenters. The molecular formula is C15H28N4O2. The van der Waals surface area contributed by atoms with Gasteiger partial charge in [-0.15, -0.1) is 0 Å². The Labute approximate surface area is 126 Å². The van der Waals surface area contributed by atoms with E-state index in [0.717, 1.165) is 50.7 Å². The van der Waals surface area contributed by atoms with Crippen molar-refractivity contribution in [1.82, 2.24) is 20.4 Å². The van der Waals surface area contributed by atoms with Crippen molar-refractivity contribution in [3.05, 3.63) is 11.7 Å². The number of aliphatic hydroxyl groups is 1. The van der Waals surface area contributed by atoms with Gasteiger partial charge in [-0.25, -0.2) is 0 Å². The Morgan fingerprint density at radius 3 is 2.86 bits per heavy atom. The highest BCUT2D eigenvalue weighted by Gasteiger charge is 2.19. The van der Waals surface area contributed by atoms with Crippen LogP contribution in [0.25, 0.3) is 0 Å². The first-order valence-electron chi connectivity index (χ1n) is 8.10. The number of nitrogens with zero attached hydrogens (tertiary/aromatic N) is 3. The fraction of sp³-hybridized carbons (Fsp3) is 0.867. The van der Waals surface area contributed by atoms with Crippen LogP contribution >= 0.6 is 0 Å². The number of piperidine rings is 1. The number of rotatable bonds is 8. The van der Waals surface area contributed by atoms with Crippen molar-refractivity contribution < 1.29 is 9.63 Å². The summed E-state index contributed by atoms with van der Waals surface area (Å²) >= 11 is 0. The predicted molar refractivity (Wildman–Crippen MR) is 80.8 cm³/mol. The molecule has 0 radical (unpaired) electrons. The minimum absolute atomic E-state index is 0.227. The third-order valence-corrected chi connectivity index (χ3v) is 3.92. The van der Waals surface area contributed by atoms with Gasteiger partial charge in [0.2, 0.25) is 5.89 Å². The standard InChI is InChI=1S/C15H28N4O2/c1-3-4-15-17-14(18-21-15)10-16-9-13-5-7-19(8-6-13)11-12(2)20/h12-13,16,20H,3-11H2,1-2H3/t12-/m0/s1. The summed E-state index contributed by atoms with van der Waals surface area (Å²) in [5.41, 5.74) is 0. The number of hydrogen-bond acceptors (Lipinski definition) is 6. The second-order valence-electron chi connectivity index (χ2n) is 6.08. The molecule has 0 spiro atoms. The molecule has 2 rings (SSSR count). The van der Waals surface area contributed by atoms with E-state index in [0.29, 0.717) is 12.5 Å². The van der Waals surface area contributed by atoms with Gasteiger partial charge in [0.25, 0.3) is 0 Å². The van der Waals surface area contributed by atoms with E-state index in [2.05, 4.69) is 27.3 Å². The summed E-state index contributed by atoms with van der Waals surface area (Å²) in [6.07, 6.45) is 4.03. The van der Waals surface area contributed by atoms with E-state index in [1.165, 1.54) is 12.8 Å². The molecule has 1 aromatic rings. The number of aliphatic hydroxyl groups excluding tert-OH is 1. The number of β-amino-alcohol motifs (C(OH)–C–C–N with tert-alkyl or cyclic N) is 1. The molecule has 1 fully saturated rings. The van der Waals surface area contributed by atoms with Crippen LogP contribution in [0, 0.1) is 5.92 Å². The van der Waals surface area contributed by atoms with E-state index in [1.807, 2.05) is 6.92 Å². The zero-order chi connectivity index (χ0) is 15.1. The number of hydrogen-bond donors (Lipinski definition) is 2. The van der Waals surface area contributed by atoms with E-state index in [9.17, 15) is 5.11 Å². The average Bonchev–Trinajstić information content (AvgIpc) is 2.88. The van der Waals surface area contributed by atoms with Gasteiger partial charge in [0.1, 0.15) is 0 Å². The molecule has 0 aliphatic carbocycles. The van der Waals surface area contributed by atoms with Crippen LogP contribution in [-0.2, 0) is 13.0 Å². The van der Waals surface area contributed by atoms with E-state index in [1.54, 1.807) is 0 Å². The summed E-state index contributed by atoms with van der Waals surface area (Å²) < 4.78 is 5.17. The smallest absolute Gasteiger partial charge is 0.226 e. The van der Waals surface area contributed by atoms with Gasteiger partial charge in [-0.05, 0) is 51.7 Å². The molecule has 1 aromatic heterocycles. The average molecular weight is 296 g/mol. The van der Waals surface area contributed by atoms with Crippen molar-refractivity contribution in [2.45, 2.75) is 52.2 Å². The molecule has 0 amide bonds. The second kappa shape index (κ2) is 8.46. The Morgan fingerprint density at radius 2 is 2.19 bits per heavy atom. The highest BCUT2D eigenvalue weighted by Crippen LogP contribution is 2.16. The molecule has 1 aliphatic heterocycles. The second-order valence-corrected chi connectivity index (χ2v) is 6.08. The molecule has 6 nitrogen and oxygen atoms in total. The molecule has 6 heteroatoms. The van der Waals surface area contributed by atoms with Crippen molar-refractivity contribution in [3.63, 3.8) is 0 Å². The van der Waals surface area contributed by atoms with Crippen LogP contribution in [0.4, 0.5) is 0 Å². The van der Waals surface area contributed by atoms with Crippen molar-refractivity contribution in [2.75, 3.05) is 26.2 Å². The van der Waals surface area contributed by atoms with Gasteiger partial charge >= 0.3 is 0 Å². The van der Waals surface area contributed by atoms with Crippen LogP contribution in [0.15, 0.2) is 4.52 Å². The first-order valence-corrected chi connectivity index (χ1v) is 8.10. The lowest BCUT2D eigenvalue weighted by atomic mass is 9.96. The molecule has 120 valence electrons. The highest BCUT2D eigenvalue weighted by molar-refractivity contribution is 4.86. The number of likely N-dealkylation sites (tertiary alicyclic amines) is 1. The minimum Gasteiger partial charge on any atom is -0.392 e. The van der Waals surface area contributed by atoms with Crippen LogP contribution in [0.3, 0.4) is 0 Å². The van der Waals surface area contributed by atoms with Crippen molar-refractivity contribution in [2.24, 2.45) is 5.92 Å². The molecule has 0 saturated carbocycles. The largest absolute Gasteiger partial charge is 0.392 e. The van der Waals surface area contributed by atoms with E-state index < -0.39 is 0 Å². The summed E-state index contributed by atoms with van der Waals surface area (Å²) in [6.45, 7) is 8.60. The van der Waals surface area contributed by atoms with Crippen LogP contribution < -0.4 is 5.32 Å². The van der Waals surface area contributed by atoms with Crippen LogP contribution in [0.1, 0.15) is 44.8 Å².